The number of phenolic OH excluding ortho intramolecular Hbond substituents is 1. The van der Waals surface area contributed by atoms with Gasteiger partial charge in [-0.3, -0.25) is 4.79 Å². The second-order valence-corrected chi connectivity index (χ2v) is 2.94. The largest absolute Gasteiger partial charge is 0.507 e. The average molecular weight is 221 g/mol. The van der Waals surface area contributed by atoms with Crippen molar-refractivity contribution >= 4 is 17.8 Å². The smallest absolute Gasteiger partial charge is 0.288 e. The lowest BCUT2D eigenvalue weighted by atomic mass is 10.2. The number of hydrogen-bond acceptors (Lipinski definition) is 5. The van der Waals surface area contributed by atoms with E-state index in [1.807, 2.05) is 0 Å². The van der Waals surface area contributed by atoms with E-state index in [1.54, 1.807) is 18.2 Å². The molecule has 1 rings (SSSR count). The molecule has 0 bridgehead atoms. The van der Waals surface area contributed by atoms with Crippen LogP contribution >= 0.6 is 0 Å². The summed E-state index contributed by atoms with van der Waals surface area (Å²) >= 11 is 0. The fourth-order valence-electron chi connectivity index (χ4n) is 0.883. The maximum absolute atomic E-state index is 11.1. The lowest BCUT2D eigenvalue weighted by Crippen LogP contribution is -2.24. The van der Waals surface area contributed by atoms with E-state index in [0.717, 1.165) is 0 Å². The molecule has 16 heavy (non-hydrogen) atoms. The number of nitrogens with one attached hydrogen (secondary N) is 1. The van der Waals surface area contributed by atoms with E-state index in [1.165, 1.54) is 19.2 Å². The topological polar surface area (TPSA) is 94.3 Å². The summed E-state index contributed by atoms with van der Waals surface area (Å²) in [5.74, 6) is -0.554. The average Bonchev–Trinajstić information content (AvgIpc) is 2.30. The van der Waals surface area contributed by atoms with Crippen molar-refractivity contribution < 1.29 is 15.1 Å². The first-order valence-electron chi connectivity index (χ1n) is 4.45. The zero-order chi connectivity index (χ0) is 12.0. The van der Waals surface area contributed by atoms with Gasteiger partial charge in [0.05, 0.1) is 6.21 Å². The van der Waals surface area contributed by atoms with Gasteiger partial charge in [-0.25, -0.2) is 5.43 Å². The van der Waals surface area contributed by atoms with E-state index in [9.17, 15) is 9.90 Å². The molecule has 0 spiro atoms. The minimum absolute atomic E-state index is 0.0630. The molecule has 0 radical (unpaired) electrons. The van der Waals surface area contributed by atoms with E-state index < -0.39 is 5.91 Å². The van der Waals surface area contributed by atoms with Crippen molar-refractivity contribution in [3.63, 3.8) is 0 Å². The minimum atomic E-state index is -0.617. The molecule has 0 unspecified atom stereocenters. The van der Waals surface area contributed by atoms with Crippen LogP contribution in [0.4, 0.5) is 0 Å². The molecular weight excluding hydrogens is 210 g/mol. The fraction of sp³-hybridized carbons (Fsp3) is 0.100. The minimum Gasteiger partial charge on any atom is -0.507 e. The van der Waals surface area contributed by atoms with Crippen molar-refractivity contribution in [3.05, 3.63) is 29.8 Å². The lowest BCUT2D eigenvalue weighted by Gasteiger charge is -1.98. The summed E-state index contributed by atoms with van der Waals surface area (Å²) in [6, 6.07) is 6.54. The van der Waals surface area contributed by atoms with Crippen LogP contribution in [0.5, 0.6) is 5.75 Å². The highest BCUT2D eigenvalue weighted by Crippen LogP contribution is 2.12. The molecule has 0 saturated heterocycles. The number of nitrogens with zero attached hydrogens (tertiary/aromatic N) is 2. The summed E-state index contributed by atoms with van der Waals surface area (Å²) in [4.78, 5) is 11.1. The zero-order valence-electron chi connectivity index (χ0n) is 8.58. The Morgan fingerprint density at radius 3 is 2.75 bits per heavy atom. The third-order valence-electron chi connectivity index (χ3n) is 1.79. The molecule has 0 heterocycles. The molecule has 0 aliphatic rings. The predicted molar refractivity (Wildman–Crippen MR) is 58.7 cm³/mol. The Bertz CT molecular complexity index is 441. The zero-order valence-corrected chi connectivity index (χ0v) is 8.58. The first kappa shape index (κ1) is 11.7. The second-order valence-electron chi connectivity index (χ2n) is 2.94. The molecule has 0 aliphatic heterocycles. The number of carbonyl (C=O) groups excluding carboxylic acids is 1. The van der Waals surface area contributed by atoms with E-state index in [2.05, 4.69) is 15.7 Å². The van der Waals surface area contributed by atoms with Gasteiger partial charge in [-0.1, -0.05) is 17.3 Å². The van der Waals surface area contributed by atoms with Crippen LogP contribution in [-0.4, -0.2) is 28.1 Å². The van der Waals surface area contributed by atoms with Crippen LogP contribution < -0.4 is 5.43 Å². The van der Waals surface area contributed by atoms with E-state index in [0.29, 0.717) is 5.56 Å². The summed E-state index contributed by atoms with van der Waals surface area (Å²) in [7, 11) is 0. The molecule has 1 aromatic carbocycles. The summed E-state index contributed by atoms with van der Waals surface area (Å²) in [6.45, 7) is 1.34. The Labute approximate surface area is 91.9 Å². The molecule has 0 atom stereocenters. The van der Waals surface area contributed by atoms with Crippen LogP contribution in [0.2, 0.25) is 0 Å². The first-order valence-corrected chi connectivity index (χ1v) is 4.45. The van der Waals surface area contributed by atoms with E-state index in [-0.39, 0.29) is 11.5 Å². The number of amides is 1. The number of para-hydroxylation sites is 1. The Morgan fingerprint density at radius 2 is 2.12 bits per heavy atom. The van der Waals surface area contributed by atoms with Gasteiger partial charge in [0.2, 0.25) is 0 Å². The number of phenols is 1. The van der Waals surface area contributed by atoms with Gasteiger partial charge < -0.3 is 10.3 Å². The molecule has 0 saturated carbocycles. The number of hydrazone groups is 1. The number of hydrogen-bond donors (Lipinski definition) is 3. The molecule has 6 heteroatoms. The SMILES string of the molecule is CC(=NO)C(=O)N/N=C/c1ccccc1O. The number of rotatable bonds is 3. The van der Waals surface area contributed by atoms with Gasteiger partial charge in [0.1, 0.15) is 11.5 Å². The fourth-order valence-corrected chi connectivity index (χ4v) is 0.883. The lowest BCUT2D eigenvalue weighted by molar-refractivity contribution is -0.114. The maximum atomic E-state index is 11.1. The van der Waals surface area contributed by atoms with Crippen LogP contribution in [0.15, 0.2) is 34.5 Å². The van der Waals surface area contributed by atoms with Crippen molar-refractivity contribution in [2.75, 3.05) is 0 Å². The standard InChI is InChI=1S/C10H11N3O3/c1-7(13-16)10(15)12-11-6-8-4-2-3-5-9(8)14/h2-6,14,16H,1H3,(H,12,15)/b11-6+,13-7?. The third-order valence-corrected chi connectivity index (χ3v) is 1.79. The summed E-state index contributed by atoms with van der Waals surface area (Å²) in [5.41, 5.74) is 2.51. The number of oxime groups is 1. The van der Waals surface area contributed by atoms with Crippen molar-refractivity contribution in [1.82, 2.24) is 5.43 Å². The maximum Gasteiger partial charge on any atom is 0.288 e. The molecule has 1 aromatic rings. The van der Waals surface area contributed by atoms with Crippen molar-refractivity contribution in [2.24, 2.45) is 10.3 Å². The number of benzene rings is 1. The molecule has 0 aromatic heterocycles. The van der Waals surface area contributed by atoms with Gasteiger partial charge in [-0.2, -0.15) is 5.10 Å². The van der Waals surface area contributed by atoms with Crippen LogP contribution in [0.1, 0.15) is 12.5 Å². The van der Waals surface area contributed by atoms with Crippen molar-refractivity contribution in [3.8, 4) is 5.75 Å². The van der Waals surface area contributed by atoms with Gasteiger partial charge in [0.25, 0.3) is 5.91 Å². The highest BCUT2D eigenvalue weighted by molar-refractivity contribution is 6.37. The Hall–Kier alpha value is -2.37. The number of aromatic hydroxyl groups is 1. The molecule has 6 nitrogen and oxygen atoms in total. The van der Waals surface area contributed by atoms with Gasteiger partial charge in [-0.15, -0.1) is 0 Å². The van der Waals surface area contributed by atoms with Crippen LogP contribution in [0, 0.1) is 0 Å². The summed E-state index contributed by atoms with van der Waals surface area (Å²) in [6.07, 6.45) is 1.29. The van der Waals surface area contributed by atoms with E-state index >= 15 is 0 Å². The third kappa shape index (κ3) is 3.09. The Kier molecular flexibility index (Phi) is 4.02. The highest BCUT2D eigenvalue weighted by atomic mass is 16.4. The van der Waals surface area contributed by atoms with Gasteiger partial charge >= 0.3 is 0 Å². The van der Waals surface area contributed by atoms with Gasteiger partial charge in [0, 0.05) is 5.56 Å². The second kappa shape index (κ2) is 5.50. The number of carbonyl (C=O) groups is 1. The van der Waals surface area contributed by atoms with Crippen LogP contribution in [-0.2, 0) is 4.79 Å². The highest BCUT2D eigenvalue weighted by Gasteiger charge is 2.03. The Morgan fingerprint density at radius 1 is 1.44 bits per heavy atom. The summed E-state index contributed by atoms with van der Waals surface area (Å²) < 4.78 is 0. The van der Waals surface area contributed by atoms with Crippen molar-refractivity contribution in [2.45, 2.75) is 6.92 Å². The molecule has 1 amide bonds. The first-order chi connectivity index (χ1) is 7.65. The molecular formula is C10H11N3O3. The van der Waals surface area contributed by atoms with Gasteiger partial charge in [-0.05, 0) is 19.1 Å². The van der Waals surface area contributed by atoms with Crippen LogP contribution in [0.3, 0.4) is 0 Å². The molecule has 0 fully saturated rings. The molecule has 3 N–H and O–H groups in total. The Balaban J connectivity index is 2.63. The van der Waals surface area contributed by atoms with Crippen molar-refractivity contribution in [1.29, 1.82) is 0 Å². The quantitative estimate of drug-likeness (QED) is 0.398. The normalized spacial score (nSPS) is 11.7. The van der Waals surface area contributed by atoms with E-state index in [4.69, 9.17) is 5.21 Å². The predicted octanol–water partition coefficient (Wildman–Crippen LogP) is 0.692. The molecule has 0 aliphatic carbocycles. The molecule has 84 valence electrons. The van der Waals surface area contributed by atoms with Crippen LogP contribution in [0.25, 0.3) is 0 Å². The van der Waals surface area contributed by atoms with Gasteiger partial charge in [0.15, 0.2) is 0 Å². The summed E-state index contributed by atoms with van der Waals surface area (Å²) in [5, 5.41) is 24.0. The monoisotopic (exact) mass is 221 g/mol.